The second-order valence-electron chi connectivity index (χ2n) is 7.07. The van der Waals surface area contributed by atoms with Crippen LogP contribution in [0.25, 0.3) is 0 Å². The molecule has 2 heterocycles. The topological polar surface area (TPSA) is 59.1 Å². The number of methoxy groups -OCH3 is 2. The number of rotatable bonds is 6. The molecule has 1 aromatic carbocycles. The maximum atomic E-state index is 12.6. The molecule has 0 radical (unpaired) electrons. The van der Waals surface area contributed by atoms with E-state index >= 15 is 0 Å². The van der Waals surface area contributed by atoms with Gasteiger partial charge in [0.1, 0.15) is 0 Å². The number of nitrogens with zero attached hydrogens (tertiary/aromatic N) is 2. The van der Waals surface area contributed by atoms with Gasteiger partial charge < -0.3 is 19.3 Å². The highest BCUT2D eigenvalue weighted by molar-refractivity contribution is 5.89. The van der Waals surface area contributed by atoms with Gasteiger partial charge in [0.15, 0.2) is 11.5 Å². The van der Waals surface area contributed by atoms with E-state index < -0.39 is 0 Å². The maximum Gasteiger partial charge on any atom is 0.227 e. The highest BCUT2D eigenvalue weighted by Crippen LogP contribution is 2.28. The van der Waals surface area contributed by atoms with Crippen LogP contribution in [0.3, 0.4) is 0 Å². The van der Waals surface area contributed by atoms with E-state index in [1.807, 2.05) is 28.0 Å². The van der Waals surface area contributed by atoms with Crippen molar-refractivity contribution >= 4 is 11.8 Å². The number of benzene rings is 1. The lowest BCUT2D eigenvalue weighted by Crippen LogP contribution is -2.40. The minimum absolute atomic E-state index is 0.0841. The molecule has 0 N–H and O–H groups in total. The van der Waals surface area contributed by atoms with Crippen LogP contribution in [0.5, 0.6) is 11.5 Å². The van der Waals surface area contributed by atoms with Gasteiger partial charge in [0, 0.05) is 32.6 Å². The molecule has 2 amide bonds. The van der Waals surface area contributed by atoms with E-state index in [1.54, 1.807) is 14.2 Å². The molecule has 142 valence electrons. The Bertz CT molecular complexity index is 655. The monoisotopic (exact) mass is 360 g/mol. The fourth-order valence-electron chi connectivity index (χ4n) is 3.83. The molecular weight excluding hydrogens is 332 g/mol. The predicted molar refractivity (Wildman–Crippen MR) is 98.4 cm³/mol. The first kappa shape index (κ1) is 18.5. The Morgan fingerprint density at radius 2 is 1.85 bits per heavy atom. The van der Waals surface area contributed by atoms with Crippen molar-refractivity contribution in [2.45, 2.75) is 32.1 Å². The second-order valence-corrected chi connectivity index (χ2v) is 7.07. The fraction of sp³-hybridized carbons (Fsp3) is 0.600. The molecule has 6 nitrogen and oxygen atoms in total. The molecule has 2 saturated heterocycles. The molecule has 1 unspecified atom stereocenters. The summed E-state index contributed by atoms with van der Waals surface area (Å²) in [5, 5.41) is 0. The third kappa shape index (κ3) is 4.11. The zero-order valence-corrected chi connectivity index (χ0v) is 15.7. The van der Waals surface area contributed by atoms with Crippen molar-refractivity contribution < 1.29 is 19.1 Å². The van der Waals surface area contributed by atoms with E-state index in [2.05, 4.69) is 0 Å². The number of carbonyl (C=O) groups is 2. The van der Waals surface area contributed by atoms with Gasteiger partial charge in [-0.1, -0.05) is 6.07 Å². The van der Waals surface area contributed by atoms with Gasteiger partial charge in [-0.3, -0.25) is 9.59 Å². The van der Waals surface area contributed by atoms with Crippen LogP contribution >= 0.6 is 0 Å². The van der Waals surface area contributed by atoms with E-state index in [9.17, 15) is 9.59 Å². The van der Waals surface area contributed by atoms with Crippen molar-refractivity contribution in [1.29, 1.82) is 0 Å². The van der Waals surface area contributed by atoms with Gasteiger partial charge in [-0.05, 0) is 43.4 Å². The summed E-state index contributed by atoms with van der Waals surface area (Å²) in [6.07, 6.45) is 4.44. The van der Waals surface area contributed by atoms with Crippen molar-refractivity contribution in [3.8, 4) is 11.5 Å². The normalized spacial score (nSPS) is 20.4. The number of likely N-dealkylation sites (tertiary alicyclic amines) is 2. The molecule has 2 fully saturated rings. The number of ether oxygens (including phenoxy) is 2. The van der Waals surface area contributed by atoms with Crippen LogP contribution in [-0.2, 0) is 16.0 Å². The van der Waals surface area contributed by atoms with Crippen LogP contribution in [0.2, 0.25) is 0 Å². The SMILES string of the molecule is COc1ccc(CCN2CC(C(=O)N3CCCCC3)CC2=O)cc1OC. The van der Waals surface area contributed by atoms with Crippen LogP contribution < -0.4 is 9.47 Å². The molecule has 1 atom stereocenters. The fourth-order valence-corrected chi connectivity index (χ4v) is 3.83. The summed E-state index contributed by atoms with van der Waals surface area (Å²) >= 11 is 0. The summed E-state index contributed by atoms with van der Waals surface area (Å²) < 4.78 is 10.6. The first-order chi connectivity index (χ1) is 12.6. The number of carbonyl (C=O) groups excluding carboxylic acids is 2. The zero-order valence-electron chi connectivity index (χ0n) is 15.7. The molecule has 1 aromatic rings. The average molecular weight is 360 g/mol. The van der Waals surface area contributed by atoms with Crippen molar-refractivity contribution in [3.63, 3.8) is 0 Å². The van der Waals surface area contributed by atoms with Crippen LogP contribution in [-0.4, -0.2) is 62.0 Å². The molecule has 0 saturated carbocycles. The molecule has 6 heteroatoms. The number of piperidine rings is 1. The minimum atomic E-state index is -0.175. The molecule has 0 bridgehead atoms. The summed E-state index contributed by atoms with van der Waals surface area (Å²) in [5.74, 6) is 1.45. The van der Waals surface area contributed by atoms with Crippen LogP contribution in [0.4, 0.5) is 0 Å². The third-order valence-electron chi connectivity index (χ3n) is 5.35. The largest absolute Gasteiger partial charge is 0.493 e. The predicted octanol–water partition coefficient (Wildman–Crippen LogP) is 2.11. The van der Waals surface area contributed by atoms with Crippen LogP contribution in [0, 0.1) is 5.92 Å². The summed E-state index contributed by atoms with van der Waals surface area (Å²) in [6.45, 7) is 2.85. The summed E-state index contributed by atoms with van der Waals surface area (Å²) in [6, 6.07) is 5.80. The number of hydrogen-bond donors (Lipinski definition) is 0. The van der Waals surface area contributed by atoms with Crippen LogP contribution in [0.15, 0.2) is 18.2 Å². The van der Waals surface area contributed by atoms with Crippen LogP contribution in [0.1, 0.15) is 31.2 Å². The van der Waals surface area contributed by atoms with E-state index in [4.69, 9.17) is 9.47 Å². The smallest absolute Gasteiger partial charge is 0.227 e. The molecule has 0 spiro atoms. The van der Waals surface area contributed by atoms with Gasteiger partial charge in [0.25, 0.3) is 0 Å². The Hall–Kier alpha value is -2.24. The second kappa shape index (κ2) is 8.43. The van der Waals surface area contributed by atoms with Gasteiger partial charge in [0.2, 0.25) is 11.8 Å². The first-order valence-electron chi connectivity index (χ1n) is 9.40. The molecule has 3 rings (SSSR count). The van der Waals surface area contributed by atoms with Gasteiger partial charge in [-0.15, -0.1) is 0 Å². The van der Waals surface area contributed by atoms with Gasteiger partial charge in [-0.2, -0.15) is 0 Å². The van der Waals surface area contributed by atoms with E-state index in [0.29, 0.717) is 31.0 Å². The lowest BCUT2D eigenvalue weighted by atomic mass is 10.0. The molecule has 2 aliphatic heterocycles. The molecular formula is C20H28N2O4. The van der Waals surface area contributed by atoms with Gasteiger partial charge in [-0.25, -0.2) is 0 Å². The van der Waals surface area contributed by atoms with E-state index in [1.165, 1.54) is 6.42 Å². The Morgan fingerprint density at radius 1 is 1.12 bits per heavy atom. The van der Waals surface area contributed by atoms with E-state index in [-0.39, 0.29) is 17.7 Å². The quantitative estimate of drug-likeness (QED) is 0.780. The summed E-state index contributed by atoms with van der Waals surface area (Å²) in [4.78, 5) is 28.7. The first-order valence-corrected chi connectivity index (χ1v) is 9.40. The molecule has 2 aliphatic rings. The van der Waals surface area contributed by atoms with Gasteiger partial charge in [0.05, 0.1) is 20.1 Å². The Kier molecular flexibility index (Phi) is 6.01. The Balaban J connectivity index is 1.55. The Labute approximate surface area is 155 Å². The average Bonchev–Trinajstić information content (AvgIpc) is 3.06. The lowest BCUT2D eigenvalue weighted by molar-refractivity contribution is -0.136. The number of hydrogen-bond acceptors (Lipinski definition) is 4. The van der Waals surface area contributed by atoms with E-state index in [0.717, 1.165) is 37.9 Å². The summed E-state index contributed by atoms with van der Waals surface area (Å²) in [7, 11) is 3.22. The minimum Gasteiger partial charge on any atom is -0.493 e. The van der Waals surface area contributed by atoms with Crippen molar-refractivity contribution in [2.24, 2.45) is 5.92 Å². The Morgan fingerprint density at radius 3 is 2.54 bits per heavy atom. The molecule has 0 aromatic heterocycles. The number of amides is 2. The lowest BCUT2D eigenvalue weighted by Gasteiger charge is -2.29. The molecule has 0 aliphatic carbocycles. The summed E-state index contributed by atoms with van der Waals surface area (Å²) in [5.41, 5.74) is 1.08. The zero-order chi connectivity index (χ0) is 18.5. The van der Waals surface area contributed by atoms with Crippen molar-refractivity contribution in [1.82, 2.24) is 9.80 Å². The van der Waals surface area contributed by atoms with Gasteiger partial charge >= 0.3 is 0 Å². The maximum absolute atomic E-state index is 12.6. The highest BCUT2D eigenvalue weighted by Gasteiger charge is 2.36. The highest BCUT2D eigenvalue weighted by atomic mass is 16.5. The van der Waals surface area contributed by atoms with Crippen molar-refractivity contribution in [3.05, 3.63) is 23.8 Å². The molecule has 26 heavy (non-hydrogen) atoms. The van der Waals surface area contributed by atoms with Crippen molar-refractivity contribution in [2.75, 3.05) is 40.4 Å². The standard InChI is InChI=1S/C20H28N2O4/c1-25-17-7-6-15(12-18(17)26-2)8-11-22-14-16(13-19(22)23)20(24)21-9-4-3-5-10-21/h6-7,12,16H,3-5,8-11,13-14H2,1-2H3. The third-order valence-corrected chi connectivity index (χ3v) is 5.35.